The molecular weight excluding hydrogens is 260 g/mol. The maximum atomic E-state index is 11.2. The first kappa shape index (κ1) is 14.7. The molecule has 3 heteroatoms. The third-order valence-electron chi connectivity index (χ3n) is 4.39. The van der Waals surface area contributed by atoms with Gasteiger partial charge in [-0.25, -0.2) is 0 Å². The summed E-state index contributed by atoms with van der Waals surface area (Å²) >= 11 is 6.07. The van der Waals surface area contributed by atoms with Crippen LogP contribution in [0.3, 0.4) is 0 Å². The van der Waals surface area contributed by atoms with E-state index in [9.17, 15) is 5.11 Å². The first-order chi connectivity index (χ1) is 8.99. The molecule has 0 spiro atoms. The molecule has 1 aromatic carbocycles. The monoisotopic (exact) mass is 282 g/mol. The zero-order valence-corrected chi connectivity index (χ0v) is 12.7. The molecule has 1 fully saturated rings. The highest BCUT2D eigenvalue weighted by molar-refractivity contribution is 6.32. The lowest BCUT2D eigenvalue weighted by molar-refractivity contribution is -0.0722. The fraction of sp³-hybridized carbons (Fsp3) is 0.625. The average molecular weight is 283 g/mol. The van der Waals surface area contributed by atoms with Gasteiger partial charge in [-0.3, -0.25) is 0 Å². The van der Waals surface area contributed by atoms with Gasteiger partial charge in [-0.2, -0.15) is 0 Å². The second kappa shape index (κ2) is 5.72. The number of benzene rings is 1. The van der Waals surface area contributed by atoms with E-state index in [1.54, 1.807) is 7.11 Å². The SMILES string of the molecule is COc1cc(C2(O)CCCCC2C(C)C)ccc1Cl. The molecule has 1 aliphatic rings. The molecule has 0 radical (unpaired) electrons. The fourth-order valence-electron chi connectivity index (χ4n) is 3.36. The van der Waals surface area contributed by atoms with Crippen LogP contribution in [0.25, 0.3) is 0 Å². The Balaban J connectivity index is 2.41. The van der Waals surface area contributed by atoms with Crippen molar-refractivity contribution in [1.29, 1.82) is 0 Å². The molecule has 0 bridgehead atoms. The molecule has 1 aromatic rings. The van der Waals surface area contributed by atoms with Crippen LogP contribution < -0.4 is 4.74 Å². The number of aliphatic hydroxyl groups is 1. The van der Waals surface area contributed by atoms with Crippen LogP contribution in [0.2, 0.25) is 5.02 Å². The molecule has 0 saturated heterocycles. The molecule has 0 amide bonds. The summed E-state index contributed by atoms with van der Waals surface area (Å²) in [7, 11) is 1.61. The summed E-state index contributed by atoms with van der Waals surface area (Å²) in [5.41, 5.74) is 0.191. The predicted molar refractivity (Wildman–Crippen MR) is 78.7 cm³/mol. The quantitative estimate of drug-likeness (QED) is 0.891. The Morgan fingerprint density at radius 3 is 2.74 bits per heavy atom. The second-order valence-electron chi connectivity index (χ2n) is 5.87. The van der Waals surface area contributed by atoms with E-state index < -0.39 is 5.60 Å². The molecule has 2 unspecified atom stereocenters. The van der Waals surface area contributed by atoms with Crippen molar-refractivity contribution in [2.24, 2.45) is 11.8 Å². The van der Waals surface area contributed by atoms with Crippen molar-refractivity contribution in [2.75, 3.05) is 7.11 Å². The zero-order chi connectivity index (χ0) is 14.0. The molecule has 19 heavy (non-hydrogen) atoms. The highest BCUT2D eigenvalue weighted by Gasteiger charge is 2.42. The number of ether oxygens (including phenoxy) is 1. The number of hydrogen-bond acceptors (Lipinski definition) is 2. The van der Waals surface area contributed by atoms with Crippen molar-refractivity contribution >= 4 is 11.6 Å². The Kier molecular flexibility index (Phi) is 4.42. The number of halogens is 1. The summed E-state index contributed by atoms with van der Waals surface area (Å²) in [6.07, 6.45) is 4.18. The third kappa shape index (κ3) is 2.75. The Morgan fingerprint density at radius 1 is 1.37 bits per heavy atom. The van der Waals surface area contributed by atoms with E-state index in [4.69, 9.17) is 16.3 Å². The van der Waals surface area contributed by atoms with Crippen LogP contribution in [0.1, 0.15) is 45.1 Å². The Hall–Kier alpha value is -0.730. The van der Waals surface area contributed by atoms with Gasteiger partial charge in [-0.05, 0) is 42.4 Å². The first-order valence-corrected chi connectivity index (χ1v) is 7.43. The number of methoxy groups -OCH3 is 1. The molecule has 106 valence electrons. The minimum Gasteiger partial charge on any atom is -0.495 e. The maximum Gasteiger partial charge on any atom is 0.137 e. The lowest BCUT2D eigenvalue weighted by Crippen LogP contribution is -2.40. The standard InChI is InChI=1S/C16H23ClO2/c1-11(2)13-6-4-5-9-16(13,18)12-7-8-14(17)15(10-12)19-3/h7-8,10-11,13,18H,4-6,9H2,1-3H3. The van der Waals surface area contributed by atoms with Gasteiger partial charge in [0.25, 0.3) is 0 Å². The number of hydrogen-bond donors (Lipinski definition) is 1. The van der Waals surface area contributed by atoms with E-state index in [-0.39, 0.29) is 0 Å². The number of rotatable bonds is 3. The molecular formula is C16H23ClO2. The average Bonchev–Trinajstić information content (AvgIpc) is 2.39. The second-order valence-corrected chi connectivity index (χ2v) is 6.28. The highest BCUT2D eigenvalue weighted by atomic mass is 35.5. The first-order valence-electron chi connectivity index (χ1n) is 7.05. The van der Waals surface area contributed by atoms with E-state index in [2.05, 4.69) is 13.8 Å². The molecule has 2 rings (SSSR count). The molecule has 1 aliphatic carbocycles. The van der Waals surface area contributed by atoms with Gasteiger partial charge in [0.05, 0.1) is 17.7 Å². The highest BCUT2D eigenvalue weighted by Crippen LogP contribution is 2.46. The van der Waals surface area contributed by atoms with Gasteiger partial charge in [0.1, 0.15) is 5.75 Å². The molecule has 1 N–H and O–H groups in total. The maximum absolute atomic E-state index is 11.2. The molecule has 2 atom stereocenters. The van der Waals surface area contributed by atoms with Crippen molar-refractivity contribution in [3.8, 4) is 5.75 Å². The molecule has 0 aliphatic heterocycles. The van der Waals surface area contributed by atoms with Crippen LogP contribution in [0, 0.1) is 11.8 Å². The van der Waals surface area contributed by atoms with Crippen LogP contribution in [-0.4, -0.2) is 12.2 Å². The van der Waals surface area contributed by atoms with Crippen molar-refractivity contribution < 1.29 is 9.84 Å². The smallest absolute Gasteiger partial charge is 0.137 e. The van der Waals surface area contributed by atoms with Crippen LogP contribution in [-0.2, 0) is 5.60 Å². The topological polar surface area (TPSA) is 29.5 Å². The van der Waals surface area contributed by atoms with Crippen LogP contribution in [0.4, 0.5) is 0 Å². The summed E-state index contributed by atoms with van der Waals surface area (Å²) in [6, 6.07) is 5.65. The zero-order valence-electron chi connectivity index (χ0n) is 11.9. The van der Waals surface area contributed by atoms with Gasteiger partial charge in [-0.1, -0.05) is 44.4 Å². The minimum atomic E-state index is -0.746. The van der Waals surface area contributed by atoms with Gasteiger partial charge >= 0.3 is 0 Å². The van der Waals surface area contributed by atoms with E-state index >= 15 is 0 Å². The van der Waals surface area contributed by atoms with Gasteiger partial charge in [0.15, 0.2) is 0 Å². The Labute approximate surface area is 120 Å². The fourth-order valence-corrected chi connectivity index (χ4v) is 3.55. The Bertz CT molecular complexity index is 444. The van der Waals surface area contributed by atoms with E-state index in [1.807, 2.05) is 18.2 Å². The van der Waals surface area contributed by atoms with Crippen LogP contribution in [0.5, 0.6) is 5.75 Å². The molecule has 0 aromatic heterocycles. The lowest BCUT2D eigenvalue weighted by atomic mass is 9.67. The van der Waals surface area contributed by atoms with E-state index in [1.165, 1.54) is 6.42 Å². The Morgan fingerprint density at radius 2 is 2.11 bits per heavy atom. The van der Waals surface area contributed by atoms with E-state index in [0.29, 0.717) is 22.6 Å². The van der Waals surface area contributed by atoms with Crippen molar-refractivity contribution in [3.05, 3.63) is 28.8 Å². The molecule has 0 heterocycles. The van der Waals surface area contributed by atoms with Crippen molar-refractivity contribution in [1.82, 2.24) is 0 Å². The van der Waals surface area contributed by atoms with Gasteiger partial charge in [-0.15, -0.1) is 0 Å². The van der Waals surface area contributed by atoms with Gasteiger partial charge in [0, 0.05) is 0 Å². The largest absolute Gasteiger partial charge is 0.495 e. The molecule has 1 saturated carbocycles. The van der Waals surface area contributed by atoms with Gasteiger partial charge < -0.3 is 9.84 Å². The van der Waals surface area contributed by atoms with E-state index in [0.717, 1.165) is 24.8 Å². The lowest BCUT2D eigenvalue weighted by Gasteiger charge is -2.43. The summed E-state index contributed by atoms with van der Waals surface area (Å²) in [5, 5.41) is 11.8. The van der Waals surface area contributed by atoms with Crippen molar-refractivity contribution in [3.63, 3.8) is 0 Å². The summed E-state index contributed by atoms with van der Waals surface area (Å²) in [4.78, 5) is 0. The van der Waals surface area contributed by atoms with Gasteiger partial charge in [0.2, 0.25) is 0 Å². The third-order valence-corrected chi connectivity index (χ3v) is 4.70. The predicted octanol–water partition coefficient (Wildman–Crippen LogP) is 4.38. The van der Waals surface area contributed by atoms with Crippen molar-refractivity contribution in [2.45, 2.75) is 45.1 Å². The summed E-state index contributed by atoms with van der Waals surface area (Å²) in [6.45, 7) is 4.38. The summed E-state index contributed by atoms with van der Waals surface area (Å²) in [5.74, 6) is 1.40. The normalized spacial score (nSPS) is 27.6. The van der Waals surface area contributed by atoms with Crippen LogP contribution in [0.15, 0.2) is 18.2 Å². The van der Waals surface area contributed by atoms with Crippen LogP contribution >= 0.6 is 11.6 Å². The summed E-state index contributed by atoms with van der Waals surface area (Å²) < 4.78 is 5.27. The molecule has 2 nitrogen and oxygen atoms in total. The minimum absolute atomic E-state index is 0.298.